The highest BCUT2D eigenvalue weighted by atomic mass is 15.1. The average Bonchev–Trinajstić information content (AvgIpc) is 2.33. The smallest absolute Gasteiger partial charge is 0.0409 e. The molecule has 0 unspecified atom stereocenters. The molecule has 0 spiro atoms. The molecule has 1 atom stereocenters. The molecule has 1 fully saturated rings. The summed E-state index contributed by atoms with van der Waals surface area (Å²) in [7, 11) is 0. The lowest BCUT2D eigenvalue weighted by Crippen LogP contribution is -2.14. The predicted octanol–water partition coefficient (Wildman–Crippen LogP) is 1.76. The molecular formula is C8H16N2. The number of hydrazone groups is 1. The van der Waals surface area contributed by atoms with Crippen LogP contribution in [0.3, 0.4) is 0 Å². The molecule has 1 aliphatic rings. The zero-order valence-electron chi connectivity index (χ0n) is 6.80. The van der Waals surface area contributed by atoms with Gasteiger partial charge in [0.2, 0.25) is 0 Å². The molecule has 1 saturated carbocycles. The molecule has 2 nitrogen and oxygen atoms in total. The van der Waals surface area contributed by atoms with Crippen LogP contribution in [0.4, 0.5) is 0 Å². The highest BCUT2D eigenvalue weighted by molar-refractivity contribution is 5.88. The summed E-state index contributed by atoms with van der Waals surface area (Å²) in [6.45, 7) is 4.47. The molecule has 58 valence electrons. The van der Waals surface area contributed by atoms with E-state index in [0.29, 0.717) is 11.8 Å². The quantitative estimate of drug-likeness (QED) is 0.437. The fourth-order valence-electron chi connectivity index (χ4n) is 1.73. The summed E-state index contributed by atoms with van der Waals surface area (Å²) < 4.78 is 0. The predicted molar refractivity (Wildman–Crippen MR) is 43.8 cm³/mol. The largest absolute Gasteiger partial charge is 0.323 e. The summed E-state index contributed by atoms with van der Waals surface area (Å²) >= 11 is 0. The van der Waals surface area contributed by atoms with Gasteiger partial charge in [0.25, 0.3) is 0 Å². The first-order chi connectivity index (χ1) is 4.75. The molecule has 1 aliphatic carbocycles. The molecule has 2 heteroatoms. The normalized spacial score (nSPS) is 30.3. The molecule has 0 aliphatic heterocycles. The minimum absolute atomic E-state index is 0.671. The van der Waals surface area contributed by atoms with Crippen molar-refractivity contribution in [3.05, 3.63) is 0 Å². The van der Waals surface area contributed by atoms with Crippen molar-refractivity contribution in [3.63, 3.8) is 0 Å². The molecule has 0 heterocycles. The molecule has 2 N–H and O–H groups in total. The van der Waals surface area contributed by atoms with Crippen LogP contribution in [-0.2, 0) is 0 Å². The van der Waals surface area contributed by atoms with Gasteiger partial charge in [0, 0.05) is 11.6 Å². The second-order valence-electron chi connectivity index (χ2n) is 3.36. The van der Waals surface area contributed by atoms with Crippen LogP contribution in [0, 0.1) is 11.8 Å². The van der Waals surface area contributed by atoms with E-state index in [1.54, 1.807) is 0 Å². The fraction of sp³-hybridized carbons (Fsp3) is 0.875. The average molecular weight is 140 g/mol. The molecule has 0 aromatic heterocycles. The van der Waals surface area contributed by atoms with E-state index in [9.17, 15) is 0 Å². The highest BCUT2D eigenvalue weighted by Gasteiger charge is 2.24. The van der Waals surface area contributed by atoms with Gasteiger partial charge in [0.15, 0.2) is 0 Å². The van der Waals surface area contributed by atoms with E-state index >= 15 is 0 Å². The summed E-state index contributed by atoms with van der Waals surface area (Å²) in [6, 6.07) is 0. The minimum Gasteiger partial charge on any atom is -0.323 e. The summed E-state index contributed by atoms with van der Waals surface area (Å²) in [6.07, 6.45) is 3.69. The van der Waals surface area contributed by atoms with Gasteiger partial charge >= 0.3 is 0 Å². The van der Waals surface area contributed by atoms with Crippen LogP contribution in [-0.4, -0.2) is 5.71 Å². The summed E-state index contributed by atoms with van der Waals surface area (Å²) in [5, 5.41) is 3.81. The second-order valence-corrected chi connectivity index (χ2v) is 3.36. The van der Waals surface area contributed by atoms with Crippen molar-refractivity contribution in [1.29, 1.82) is 0 Å². The Morgan fingerprint density at radius 1 is 1.60 bits per heavy atom. The van der Waals surface area contributed by atoms with E-state index in [0.717, 1.165) is 6.42 Å². The molecule has 0 saturated heterocycles. The Kier molecular flexibility index (Phi) is 2.30. The van der Waals surface area contributed by atoms with Gasteiger partial charge in [0.1, 0.15) is 0 Å². The van der Waals surface area contributed by atoms with Crippen LogP contribution >= 0.6 is 0 Å². The maximum absolute atomic E-state index is 5.25. The maximum Gasteiger partial charge on any atom is 0.0409 e. The fourth-order valence-corrected chi connectivity index (χ4v) is 1.73. The van der Waals surface area contributed by atoms with Crippen molar-refractivity contribution in [2.45, 2.75) is 33.1 Å². The number of rotatable bonds is 1. The lowest BCUT2D eigenvalue weighted by Gasteiger charge is -2.13. The van der Waals surface area contributed by atoms with Crippen molar-refractivity contribution in [2.24, 2.45) is 22.8 Å². The van der Waals surface area contributed by atoms with E-state index < -0.39 is 0 Å². The summed E-state index contributed by atoms with van der Waals surface area (Å²) in [5.41, 5.74) is 1.23. The van der Waals surface area contributed by atoms with Crippen molar-refractivity contribution in [1.82, 2.24) is 0 Å². The lowest BCUT2D eigenvalue weighted by molar-refractivity contribution is 0.486. The zero-order valence-corrected chi connectivity index (χ0v) is 6.80. The van der Waals surface area contributed by atoms with Gasteiger partial charge in [-0.25, -0.2) is 0 Å². The van der Waals surface area contributed by atoms with Crippen molar-refractivity contribution >= 4 is 5.71 Å². The standard InChI is InChI=1S/C8H16N2/c1-6(2)7-4-3-5-8(7)10-9/h6-7H,3-5,9H2,1-2H3/b10-8+/t7-/m0/s1. The topological polar surface area (TPSA) is 38.4 Å². The first kappa shape index (κ1) is 7.58. The third-order valence-electron chi connectivity index (χ3n) is 2.35. The Morgan fingerprint density at radius 3 is 2.70 bits per heavy atom. The Bertz CT molecular complexity index is 138. The van der Waals surface area contributed by atoms with Gasteiger partial charge in [-0.2, -0.15) is 5.10 Å². The van der Waals surface area contributed by atoms with E-state index in [2.05, 4.69) is 18.9 Å². The van der Waals surface area contributed by atoms with Crippen LogP contribution in [0.2, 0.25) is 0 Å². The summed E-state index contributed by atoms with van der Waals surface area (Å²) in [4.78, 5) is 0. The Balaban J connectivity index is 2.59. The van der Waals surface area contributed by atoms with Gasteiger partial charge in [-0.05, 0) is 25.2 Å². The molecule has 0 radical (unpaired) electrons. The van der Waals surface area contributed by atoms with Crippen molar-refractivity contribution in [3.8, 4) is 0 Å². The SMILES string of the molecule is CC(C)[C@@H]1CCC/C1=N\N. The monoisotopic (exact) mass is 140 g/mol. The Hall–Kier alpha value is -0.530. The van der Waals surface area contributed by atoms with Gasteiger partial charge in [-0.15, -0.1) is 0 Å². The number of nitrogens with two attached hydrogens (primary N) is 1. The second kappa shape index (κ2) is 3.04. The molecule has 10 heavy (non-hydrogen) atoms. The third-order valence-corrected chi connectivity index (χ3v) is 2.35. The van der Waals surface area contributed by atoms with Crippen LogP contribution < -0.4 is 5.84 Å². The third kappa shape index (κ3) is 1.31. The number of nitrogens with zero attached hydrogens (tertiary/aromatic N) is 1. The maximum atomic E-state index is 5.25. The Labute approximate surface area is 62.5 Å². The highest BCUT2D eigenvalue weighted by Crippen LogP contribution is 2.28. The zero-order chi connectivity index (χ0) is 7.56. The van der Waals surface area contributed by atoms with Crippen molar-refractivity contribution < 1.29 is 0 Å². The molecule has 0 aromatic carbocycles. The van der Waals surface area contributed by atoms with Gasteiger partial charge in [-0.3, -0.25) is 0 Å². The van der Waals surface area contributed by atoms with E-state index in [-0.39, 0.29) is 0 Å². The van der Waals surface area contributed by atoms with E-state index in [1.165, 1.54) is 18.6 Å². The molecule has 0 aromatic rings. The van der Waals surface area contributed by atoms with E-state index in [1.807, 2.05) is 0 Å². The minimum atomic E-state index is 0.671. The molecule has 0 amide bonds. The van der Waals surface area contributed by atoms with Crippen LogP contribution in [0.1, 0.15) is 33.1 Å². The lowest BCUT2D eigenvalue weighted by atomic mass is 9.93. The summed E-state index contributed by atoms with van der Waals surface area (Å²) in [5.74, 6) is 6.63. The first-order valence-electron chi connectivity index (χ1n) is 4.02. The molecular weight excluding hydrogens is 124 g/mol. The van der Waals surface area contributed by atoms with Crippen LogP contribution in [0.25, 0.3) is 0 Å². The Morgan fingerprint density at radius 2 is 2.30 bits per heavy atom. The first-order valence-corrected chi connectivity index (χ1v) is 4.02. The van der Waals surface area contributed by atoms with Gasteiger partial charge in [-0.1, -0.05) is 13.8 Å². The van der Waals surface area contributed by atoms with Crippen molar-refractivity contribution in [2.75, 3.05) is 0 Å². The van der Waals surface area contributed by atoms with Gasteiger partial charge < -0.3 is 5.84 Å². The molecule has 1 rings (SSSR count). The van der Waals surface area contributed by atoms with Crippen LogP contribution in [0.15, 0.2) is 5.10 Å². The number of hydrogen-bond donors (Lipinski definition) is 1. The van der Waals surface area contributed by atoms with E-state index in [4.69, 9.17) is 5.84 Å². The number of hydrogen-bond acceptors (Lipinski definition) is 2. The van der Waals surface area contributed by atoms with Gasteiger partial charge in [0.05, 0.1) is 0 Å². The van der Waals surface area contributed by atoms with Crippen LogP contribution in [0.5, 0.6) is 0 Å². The molecule has 0 bridgehead atoms.